The molecule has 2 atom stereocenters. The van der Waals surface area contributed by atoms with Gasteiger partial charge in [0.05, 0.1) is 10.9 Å². The first kappa shape index (κ1) is 12.8. The summed E-state index contributed by atoms with van der Waals surface area (Å²) in [4.78, 5) is 3.85. The van der Waals surface area contributed by atoms with Crippen LogP contribution in [0.5, 0.6) is 0 Å². The number of guanidine groups is 1. The van der Waals surface area contributed by atoms with E-state index in [0.29, 0.717) is 0 Å². The van der Waals surface area contributed by atoms with Crippen LogP contribution in [0.4, 0.5) is 0 Å². The highest BCUT2D eigenvalue weighted by Gasteiger charge is 2.59. The van der Waals surface area contributed by atoms with Crippen molar-refractivity contribution in [3.63, 3.8) is 0 Å². The van der Waals surface area contributed by atoms with E-state index in [1.54, 1.807) is 11.8 Å². The van der Waals surface area contributed by atoms with E-state index in [9.17, 15) is 5.11 Å². The van der Waals surface area contributed by atoms with E-state index in [4.69, 9.17) is 17.0 Å². The minimum absolute atomic E-state index is 0. The van der Waals surface area contributed by atoms with Crippen molar-refractivity contribution < 1.29 is 5.11 Å². The number of hydrogen-bond acceptors (Lipinski definition) is 4. The highest BCUT2D eigenvalue weighted by atomic mass is 35.5. The largest absolute Gasteiger partial charge is 0.370 e. The topological polar surface area (TPSA) is 108 Å². The van der Waals surface area contributed by atoms with Gasteiger partial charge in [-0.3, -0.25) is 5.41 Å². The number of nitrogens with zero attached hydrogens (tertiary/aromatic N) is 1. The van der Waals surface area contributed by atoms with Crippen LogP contribution in [0.2, 0.25) is 0 Å². The Hall–Kier alpha value is -0.170. The fourth-order valence-electron chi connectivity index (χ4n) is 0.747. The molecule has 0 amide bonds. The van der Waals surface area contributed by atoms with Gasteiger partial charge >= 0.3 is 0 Å². The Morgan fingerprint density at radius 2 is 2.23 bits per heavy atom. The van der Waals surface area contributed by atoms with Gasteiger partial charge in [-0.15, -0.1) is 24.0 Å². The van der Waals surface area contributed by atoms with Gasteiger partial charge in [0.15, 0.2) is 11.7 Å². The molecule has 76 valence electrons. The molecule has 0 saturated carbocycles. The molecule has 1 fully saturated rings. The second-order valence-corrected chi connectivity index (χ2v) is 3.81. The Balaban J connectivity index is 0.000000256. The third kappa shape index (κ3) is 2.91. The van der Waals surface area contributed by atoms with Crippen LogP contribution in [0.25, 0.3) is 0 Å². The Morgan fingerprint density at radius 1 is 1.77 bits per heavy atom. The van der Waals surface area contributed by atoms with Gasteiger partial charge in [-0.25, -0.2) is 4.99 Å². The first-order chi connectivity index (χ1) is 5.49. The van der Waals surface area contributed by atoms with Gasteiger partial charge in [0, 0.05) is 0 Å². The lowest BCUT2D eigenvalue weighted by molar-refractivity contribution is 0.0772. The summed E-state index contributed by atoms with van der Waals surface area (Å²) in [5.74, 6) is -0.103. The molecule has 5 nitrogen and oxygen atoms in total. The predicted octanol–water partition coefficient (Wildman–Crippen LogP) is -0.298. The van der Waals surface area contributed by atoms with Crippen molar-refractivity contribution in [2.45, 2.75) is 11.0 Å². The summed E-state index contributed by atoms with van der Waals surface area (Å²) in [6.45, 7) is 0. The lowest BCUT2D eigenvalue weighted by Gasteiger charge is -2.22. The number of halogens is 2. The van der Waals surface area contributed by atoms with Gasteiger partial charge in [0.1, 0.15) is 5.25 Å². The van der Waals surface area contributed by atoms with Crippen molar-refractivity contribution in [3.05, 3.63) is 0 Å². The minimum Gasteiger partial charge on any atom is -0.370 e. The molecule has 0 bridgehead atoms. The van der Waals surface area contributed by atoms with Crippen LogP contribution in [0.3, 0.4) is 0 Å². The standard InChI is InChI=1S/C4H4ClNOS.CH5N3.ClH/c5-1-4(7)2-3(6-4)8-2;2-1(3)4;/h2,7H,1H2;(H5,2,3,4);1H. The zero-order valence-corrected chi connectivity index (χ0v) is 8.92. The van der Waals surface area contributed by atoms with E-state index >= 15 is 0 Å². The summed E-state index contributed by atoms with van der Waals surface area (Å²) < 4.78 is 0. The second-order valence-electron chi connectivity index (χ2n) is 2.42. The van der Waals surface area contributed by atoms with Gasteiger partial charge in [-0.1, -0.05) is 11.8 Å². The Kier molecular flexibility index (Phi) is 4.31. The molecule has 0 aromatic carbocycles. The molecule has 0 aromatic rings. The molecule has 0 radical (unpaired) electrons. The Labute approximate surface area is 90.8 Å². The van der Waals surface area contributed by atoms with Crippen molar-refractivity contribution in [1.29, 1.82) is 5.41 Å². The van der Waals surface area contributed by atoms with E-state index in [1.807, 2.05) is 0 Å². The van der Waals surface area contributed by atoms with Crippen LogP contribution < -0.4 is 11.5 Å². The number of nitrogens with two attached hydrogens (primary N) is 2. The Bertz CT molecular complexity index is 245. The SMILES string of the molecule is Cl.N=C(N)N.OC1(CCl)N=C2SC21. The lowest BCUT2D eigenvalue weighted by Crippen LogP contribution is -2.41. The number of nitrogens with one attached hydrogen (secondary N) is 1. The predicted molar refractivity (Wildman–Crippen MR) is 57.8 cm³/mol. The molecule has 2 aliphatic rings. The monoisotopic (exact) mass is 244 g/mol. The highest BCUT2D eigenvalue weighted by molar-refractivity contribution is 8.26. The summed E-state index contributed by atoms with van der Waals surface area (Å²) in [6, 6.07) is 0. The molecule has 8 heteroatoms. The number of rotatable bonds is 1. The molecule has 0 aromatic heterocycles. The highest BCUT2D eigenvalue weighted by Crippen LogP contribution is 2.52. The van der Waals surface area contributed by atoms with E-state index < -0.39 is 5.72 Å². The van der Waals surface area contributed by atoms with Crippen LogP contribution in [0.15, 0.2) is 4.99 Å². The molecule has 6 N–H and O–H groups in total. The fraction of sp³-hybridized carbons (Fsp3) is 0.600. The average molecular weight is 245 g/mol. The second kappa shape index (κ2) is 4.36. The van der Waals surface area contributed by atoms with Crippen molar-refractivity contribution in [2.24, 2.45) is 16.5 Å². The first-order valence-electron chi connectivity index (χ1n) is 3.14. The number of thioether (sulfide) groups is 1. The molecule has 2 rings (SSSR count). The summed E-state index contributed by atoms with van der Waals surface area (Å²) in [5.41, 5.74) is 8.06. The molecule has 1 saturated heterocycles. The normalized spacial score (nSPS) is 32.2. The lowest BCUT2D eigenvalue weighted by atomic mass is 10.1. The van der Waals surface area contributed by atoms with E-state index in [2.05, 4.69) is 16.5 Å². The van der Waals surface area contributed by atoms with E-state index in [-0.39, 0.29) is 29.5 Å². The molecule has 13 heavy (non-hydrogen) atoms. The van der Waals surface area contributed by atoms with Crippen LogP contribution in [0, 0.1) is 5.41 Å². The first-order valence-corrected chi connectivity index (χ1v) is 4.55. The third-order valence-electron chi connectivity index (χ3n) is 1.33. The van der Waals surface area contributed by atoms with Crippen LogP contribution in [-0.4, -0.2) is 33.0 Å². The maximum Gasteiger partial charge on any atom is 0.189 e. The quantitative estimate of drug-likeness (QED) is 0.220. The third-order valence-corrected chi connectivity index (χ3v) is 2.87. The van der Waals surface area contributed by atoms with Gasteiger partial charge in [-0.2, -0.15) is 0 Å². The summed E-state index contributed by atoms with van der Waals surface area (Å²) in [7, 11) is 0. The molecular formula is C5H10Cl2N4OS. The molecule has 0 aliphatic carbocycles. The van der Waals surface area contributed by atoms with E-state index in [0.717, 1.165) is 5.04 Å². The van der Waals surface area contributed by atoms with Gasteiger partial charge < -0.3 is 16.6 Å². The number of fused-ring (bicyclic) bond motifs is 1. The number of alkyl halides is 1. The summed E-state index contributed by atoms with van der Waals surface area (Å²) in [6.07, 6.45) is 0. The minimum atomic E-state index is -0.887. The molecule has 2 aliphatic heterocycles. The van der Waals surface area contributed by atoms with E-state index in [1.165, 1.54) is 0 Å². The maximum absolute atomic E-state index is 9.19. The van der Waals surface area contributed by atoms with Crippen molar-refractivity contribution in [3.8, 4) is 0 Å². The van der Waals surface area contributed by atoms with Gasteiger partial charge in [-0.05, 0) is 0 Å². The zero-order chi connectivity index (χ0) is 9.35. The van der Waals surface area contributed by atoms with Crippen LogP contribution >= 0.6 is 35.8 Å². The number of hydrogen-bond donors (Lipinski definition) is 4. The smallest absolute Gasteiger partial charge is 0.189 e. The molecular weight excluding hydrogens is 235 g/mol. The van der Waals surface area contributed by atoms with Crippen molar-refractivity contribution in [2.75, 3.05) is 5.88 Å². The van der Waals surface area contributed by atoms with Crippen LogP contribution in [-0.2, 0) is 0 Å². The van der Waals surface area contributed by atoms with Crippen molar-refractivity contribution in [1.82, 2.24) is 0 Å². The fourth-order valence-corrected chi connectivity index (χ4v) is 2.00. The van der Waals surface area contributed by atoms with Gasteiger partial charge in [0.25, 0.3) is 0 Å². The van der Waals surface area contributed by atoms with Crippen molar-refractivity contribution >= 4 is 46.8 Å². The molecule has 2 unspecified atom stereocenters. The molecule has 2 heterocycles. The average Bonchev–Trinajstić information content (AvgIpc) is 2.60. The molecule has 0 spiro atoms. The number of aliphatic imine (C=N–C) groups is 1. The van der Waals surface area contributed by atoms with Crippen LogP contribution in [0.1, 0.15) is 0 Å². The Morgan fingerprint density at radius 3 is 2.31 bits per heavy atom. The summed E-state index contributed by atoms with van der Waals surface area (Å²) in [5, 5.41) is 16.6. The maximum atomic E-state index is 9.19. The summed E-state index contributed by atoms with van der Waals surface area (Å²) >= 11 is 7.00. The van der Waals surface area contributed by atoms with Gasteiger partial charge in [0.2, 0.25) is 0 Å². The zero-order valence-electron chi connectivity index (χ0n) is 6.53. The number of aliphatic hydroxyl groups is 1.